The third-order valence-corrected chi connectivity index (χ3v) is 5.27. The minimum Gasteiger partial charge on any atom is -0.480 e. The van der Waals surface area contributed by atoms with Gasteiger partial charge in [0.25, 0.3) is 0 Å². The Kier molecular flexibility index (Phi) is 6.68. The predicted octanol–water partition coefficient (Wildman–Crippen LogP) is 2.35. The Balaban J connectivity index is 1.71. The van der Waals surface area contributed by atoms with Crippen molar-refractivity contribution < 1.29 is 14.7 Å². The van der Waals surface area contributed by atoms with E-state index in [1.165, 1.54) is 32.1 Å². The van der Waals surface area contributed by atoms with Crippen LogP contribution in [0, 0.1) is 5.92 Å². The zero-order valence-corrected chi connectivity index (χ0v) is 13.8. The first-order valence-electron chi connectivity index (χ1n) is 8.86. The predicted molar refractivity (Wildman–Crippen MR) is 85.7 cm³/mol. The average molecular weight is 310 g/mol. The maximum Gasteiger partial charge on any atom is 0.320 e. The standard InChI is InChI=1S/C17H30N2O3/c1-2-15(17(21)22)18-10-12-19(13-11-18)16(20)9-8-14-6-4-3-5-7-14/h14-15H,2-13H2,1H3,(H,21,22). The van der Waals surface area contributed by atoms with Crippen molar-refractivity contribution in [2.45, 2.75) is 64.3 Å². The van der Waals surface area contributed by atoms with Crippen molar-refractivity contribution in [3.63, 3.8) is 0 Å². The highest BCUT2D eigenvalue weighted by atomic mass is 16.4. The van der Waals surface area contributed by atoms with Gasteiger partial charge in [0.15, 0.2) is 0 Å². The van der Waals surface area contributed by atoms with E-state index in [1.54, 1.807) is 0 Å². The number of amides is 1. The van der Waals surface area contributed by atoms with E-state index in [0.29, 0.717) is 39.0 Å². The van der Waals surface area contributed by atoms with Crippen LogP contribution in [0.3, 0.4) is 0 Å². The largest absolute Gasteiger partial charge is 0.480 e. The molecular formula is C17H30N2O3. The molecule has 0 aromatic heterocycles. The Labute approximate surface area is 133 Å². The van der Waals surface area contributed by atoms with Crippen molar-refractivity contribution in [1.29, 1.82) is 0 Å². The molecule has 22 heavy (non-hydrogen) atoms. The van der Waals surface area contributed by atoms with Gasteiger partial charge in [0.05, 0.1) is 0 Å². The summed E-state index contributed by atoms with van der Waals surface area (Å²) in [7, 11) is 0. The summed E-state index contributed by atoms with van der Waals surface area (Å²) in [5, 5.41) is 9.21. The Bertz CT molecular complexity index is 372. The first-order chi connectivity index (χ1) is 10.6. The molecule has 1 aliphatic carbocycles. The molecule has 1 saturated carbocycles. The summed E-state index contributed by atoms with van der Waals surface area (Å²) in [4.78, 5) is 27.4. The van der Waals surface area contributed by atoms with Crippen LogP contribution in [0.4, 0.5) is 0 Å². The van der Waals surface area contributed by atoms with Crippen LogP contribution in [-0.2, 0) is 9.59 Å². The van der Waals surface area contributed by atoms with Gasteiger partial charge < -0.3 is 10.0 Å². The lowest BCUT2D eigenvalue weighted by atomic mass is 9.86. The normalized spacial score (nSPS) is 22.5. The number of piperazine rings is 1. The molecule has 5 heteroatoms. The average Bonchev–Trinajstić information content (AvgIpc) is 2.54. The van der Waals surface area contributed by atoms with E-state index < -0.39 is 12.0 Å². The fourth-order valence-electron chi connectivity index (χ4n) is 3.83. The first kappa shape index (κ1) is 17.3. The molecule has 2 fully saturated rings. The maximum atomic E-state index is 12.3. The van der Waals surface area contributed by atoms with Gasteiger partial charge in [0, 0.05) is 32.6 Å². The second-order valence-corrected chi connectivity index (χ2v) is 6.72. The maximum absolute atomic E-state index is 12.3. The highest BCUT2D eigenvalue weighted by Gasteiger charge is 2.29. The molecular weight excluding hydrogens is 280 g/mol. The Morgan fingerprint density at radius 2 is 1.73 bits per heavy atom. The number of rotatable bonds is 6. The third kappa shape index (κ3) is 4.70. The molecule has 0 aromatic carbocycles. The van der Waals surface area contributed by atoms with Crippen LogP contribution < -0.4 is 0 Å². The zero-order chi connectivity index (χ0) is 15.9. The van der Waals surface area contributed by atoms with Crippen LogP contribution in [0.1, 0.15) is 58.3 Å². The summed E-state index contributed by atoms with van der Waals surface area (Å²) >= 11 is 0. The molecule has 1 aliphatic heterocycles. The van der Waals surface area contributed by atoms with E-state index in [0.717, 1.165) is 12.3 Å². The molecule has 2 rings (SSSR count). The van der Waals surface area contributed by atoms with Gasteiger partial charge >= 0.3 is 5.97 Å². The fraction of sp³-hybridized carbons (Fsp3) is 0.882. The van der Waals surface area contributed by atoms with Gasteiger partial charge in [-0.05, 0) is 18.8 Å². The second-order valence-electron chi connectivity index (χ2n) is 6.72. The molecule has 0 spiro atoms. The molecule has 2 aliphatic rings. The number of nitrogens with zero attached hydrogens (tertiary/aromatic N) is 2. The molecule has 5 nitrogen and oxygen atoms in total. The molecule has 0 radical (unpaired) electrons. The number of hydrogen-bond donors (Lipinski definition) is 1. The van der Waals surface area contributed by atoms with Crippen molar-refractivity contribution in [2.75, 3.05) is 26.2 Å². The Hall–Kier alpha value is -1.10. The summed E-state index contributed by atoms with van der Waals surface area (Å²) in [5.74, 6) is 0.253. The fourth-order valence-corrected chi connectivity index (χ4v) is 3.83. The van der Waals surface area contributed by atoms with Crippen LogP contribution >= 0.6 is 0 Å². The number of aliphatic carboxylic acids is 1. The van der Waals surface area contributed by atoms with Crippen molar-refractivity contribution in [1.82, 2.24) is 9.80 Å². The number of carbonyl (C=O) groups is 2. The molecule has 1 atom stereocenters. The number of carboxylic acids is 1. The number of carboxylic acid groups (broad SMARTS) is 1. The van der Waals surface area contributed by atoms with Crippen molar-refractivity contribution in [3.8, 4) is 0 Å². The summed E-state index contributed by atoms with van der Waals surface area (Å²) in [6.45, 7) is 4.61. The van der Waals surface area contributed by atoms with Crippen LogP contribution in [0.5, 0.6) is 0 Å². The molecule has 1 heterocycles. The minimum absolute atomic E-state index is 0.258. The molecule has 1 N–H and O–H groups in total. The third-order valence-electron chi connectivity index (χ3n) is 5.27. The van der Waals surface area contributed by atoms with Gasteiger partial charge in [-0.3, -0.25) is 14.5 Å². The van der Waals surface area contributed by atoms with Gasteiger partial charge in [-0.1, -0.05) is 39.0 Å². The van der Waals surface area contributed by atoms with Crippen molar-refractivity contribution in [3.05, 3.63) is 0 Å². The monoisotopic (exact) mass is 310 g/mol. The molecule has 1 amide bonds. The van der Waals surface area contributed by atoms with E-state index in [9.17, 15) is 14.7 Å². The lowest BCUT2D eigenvalue weighted by molar-refractivity contribution is -0.145. The van der Waals surface area contributed by atoms with Crippen LogP contribution in [-0.4, -0.2) is 59.0 Å². The summed E-state index contributed by atoms with van der Waals surface area (Å²) < 4.78 is 0. The number of carbonyl (C=O) groups excluding carboxylic acids is 1. The first-order valence-corrected chi connectivity index (χ1v) is 8.86. The topological polar surface area (TPSA) is 60.9 Å². The molecule has 126 valence electrons. The summed E-state index contributed by atoms with van der Waals surface area (Å²) in [5.41, 5.74) is 0. The van der Waals surface area contributed by atoms with Crippen LogP contribution in [0.2, 0.25) is 0 Å². The zero-order valence-electron chi connectivity index (χ0n) is 13.8. The summed E-state index contributed by atoms with van der Waals surface area (Å²) in [6.07, 6.45) is 8.90. The number of hydrogen-bond acceptors (Lipinski definition) is 3. The Morgan fingerprint density at radius 3 is 2.27 bits per heavy atom. The van der Waals surface area contributed by atoms with E-state index in [1.807, 2.05) is 16.7 Å². The van der Waals surface area contributed by atoms with Crippen molar-refractivity contribution >= 4 is 11.9 Å². The highest BCUT2D eigenvalue weighted by Crippen LogP contribution is 2.27. The second kappa shape index (κ2) is 8.51. The quantitative estimate of drug-likeness (QED) is 0.818. The molecule has 0 aromatic rings. The van der Waals surface area contributed by atoms with Crippen molar-refractivity contribution in [2.24, 2.45) is 5.92 Å². The van der Waals surface area contributed by atoms with Gasteiger partial charge in [-0.2, -0.15) is 0 Å². The summed E-state index contributed by atoms with van der Waals surface area (Å²) in [6, 6.07) is -0.403. The van der Waals surface area contributed by atoms with E-state index >= 15 is 0 Å². The van der Waals surface area contributed by atoms with Gasteiger partial charge in [-0.25, -0.2) is 0 Å². The van der Waals surface area contributed by atoms with Crippen LogP contribution in [0.15, 0.2) is 0 Å². The van der Waals surface area contributed by atoms with E-state index in [2.05, 4.69) is 0 Å². The highest BCUT2D eigenvalue weighted by molar-refractivity contribution is 5.76. The van der Waals surface area contributed by atoms with Gasteiger partial charge in [0.1, 0.15) is 6.04 Å². The SMILES string of the molecule is CCC(C(=O)O)N1CCN(C(=O)CCC2CCCCC2)CC1. The van der Waals surface area contributed by atoms with E-state index in [-0.39, 0.29) is 5.91 Å². The van der Waals surface area contributed by atoms with Gasteiger partial charge in [0.2, 0.25) is 5.91 Å². The lowest BCUT2D eigenvalue weighted by Crippen LogP contribution is -2.53. The molecule has 1 saturated heterocycles. The van der Waals surface area contributed by atoms with Gasteiger partial charge in [-0.15, -0.1) is 0 Å². The smallest absolute Gasteiger partial charge is 0.320 e. The van der Waals surface area contributed by atoms with E-state index in [4.69, 9.17) is 0 Å². The van der Waals surface area contributed by atoms with Crippen LogP contribution in [0.25, 0.3) is 0 Å². The molecule has 1 unspecified atom stereocenters. The lowest BCUT2D eigenvalue weighted by Gasteiger charge is -2.37. The molecule has 0 bridgehead atoms. The minimum atomic E-state index is -0.750. The Morgan fingerprint density at radius 1 is 1.09 bits per heavy atom.